The molecular weight excluding hydrogens is 268 g/mol. The smallest absolute Gasteiger partial charge is 0.257 e. The van der Waals surface area contributed by atoms with E-state index in [2.05, 4.69) is 15.0 Å². The van der Waals surface area contributed by atoms with Crippen molar-refractivity contribution in [3.63, 3.8) is 0 Å². The topological polar surface area (TPSA) is 77.4 Å². The lowest BCUT2D eigenvalue weighted by Crippen LogP contribution is -2.49. The van der Waals surface area contributed by atoms with Gasteiger partial charge in [0.2, 0.25) is 0 Å². The molecule has 1 aromatic carbocycles. The SMILES string of the molecule is CC(N)C1CN(Cc2noc(-c3ccccc3)n2)CCO1. The summed E-state index contributed by atoms with van der Waals surface area (Å²) < 4.78 is 11.0. The molecule has 0 bridgehead atoms. The molecule has 6 heteroatoms. The second-order valence-electron chi connectivity index (χ2n) is 5.39. The fraction of sp³-hybridized carbons (Fsp3) is 0.467. The second kappa shape index (κ2) is 6.34. The van der Waals surface area contributed by atoms with E-state index in [0.717, 1.165) is 18.7 Å². The van der Waals surface area contributed by atoms with Crippen LogP contribution < -0.4 is 5.73 Å². The number of benzene rings is 1. The Morgan fingerprint density at radius 2 is 2.19 bits per heavy atom. The monoisotopic (exact) mass is 288 g/mol. The van der Waals surface area contributed by atoms with Crippen LogP contribution in [0.25, 0.3) is 11.5 Å². The Balaban J connectivity index is 1.65. The lowest BCUT2D eigenvalue weighted by Gasteiger charge is -2.33. The first-order valence-electron chi connectivity index (χ1n) is 7.20. The second-order valence-corrected chi connectivity index (χ2v) is 5.39. The van der Waals surface area contributed by atoms with Gasteiger partial charge in [0, 0.05) is 24.7 Å². The Bertz CT molecular complexity index is 570. The molecule has 2 aromatic rings. The molecule has 1 aromatic heterocycles. The van der Waals surface area contributed by atoms with Crippen LogP contribution in [-0.2, 0) is 11.3 Å². The Morgan fingerprint density at radius 3 is 2.95 bits per heavy atom. The molecule has 1 aliphatic heterocycles. The van der Waals surface area contributed by atoms with E-state index >= 15 is 0 Å². The van der Waals surface area contributed by atoms with Gasteiger partial charge >= 0.3 is 0 Å². The zero-order valence-electron chi connectivity index (χ0n) is 12.1. The van der Waals surface area contributed by atoms with Crippen molar-refractivity contribution < 1.29 is 9.26 Å². The van der Waals surface area contributed by atoms with Gasteiger partial charge in [0.1, 0.15) is 0 Å². The maximum absolute atomic E-state index is 5.90. The van der Waals surface area contributed by atoms with Gasteiger partial charge in [-0.3, -0.25) is 4.90 Å². The van der Waals surface area contributed by atoms with Gasteiger partial charge in [-0.2, -0.15) is 4.98 Å². The highest BCUT2D eigenvalue weighted by Crippen LogP contribution is 2.17. The van der Waals surface area contributed by atoms with Crippen molar-refractivity contribution >= 4 is 0 Å². The van der Waals surface area contributed by atoms with Crippen LogP contribution in [0.5, 0.6) is 0 Å². The van der Waals surface area contributed by atoms with E-state index in [9.17, 15) is 0 Å². The average molecular weight is 288 g/mol. The minimum atomic E-state index is 0.0259. The molecule has 2 atom stereocenters. The summed E-state index contributed by atoms with van der Waals surface area (Å²) in [7, 11) is 0. The molecule has 0 saturated carbocycles. The molecule has 112 valence electrons. The first-order chi connectivity index (χ1) is 10.2. The van der Waals surface area contributed by atoms with E-state index in [0.29, 0.717) is 24.9 Å². The Kier molecular flexibility index (Phi) is 4.28. The Labute approximate surface area is 123 Å². The van der Waals surface area contributed by atoms with E-state index in [4.69, 9.17) is 15.0 Å². The van der Waals surface area contributed by atoms with E-state index in [-0.39, 0.29) is 12.1 Å². The van der Waals surface area contributed by atoms with Crippen LogP contribution >= 0.6 is 0 Å². The molecule has 1 fully saturated rings. The Hall–Kier alpha value is -1.76. The quantitative estimate of drug-likeness (QED) is 0.913. The van der Waals surface area contributed by atoms with E-state index in [1.165, 1.54) is 0 Å². The predicted octanol–water partition coefficient (Wildman–Crippen LogP) is 1.28. The number of nitrogens with zero attached hydrogens (tertiary/aromatic N) is 3. The molecule has 6 nitrogen and oxygen atoms in total. The van der Waals surface area contributed by atoms with Gasteiger partial charge in [-0.15, -0.1) is 0 Å². The molecular formula is C15H20N4O2. The van der Waals surface area contributed by atoms with Gasteiger partial charge in [0.25, 0.3) is 5.89 Å². The number of nitrogens with two attached hydrogens (primary N) is 1. The molecule has 2 heterocycles. The van der Waals surface area contributed by atoms with E-state index in [1.54, 1.807) is 0 Å². The molecule has 1 aliphatic rings. The van der Waals surface area contributed by atoms with Crippen molar-refractivity contribution in [1.29, 1.82) is 0 Å². The molecule has 1 saturated heterocycles. The number of rotatable bonds is 4. The molecule has 2 unspecified atom stereocenters. The van der Waals surface area contributed by atoms with E-state index < -0.39 is 0 Å². The summed E-state index contributed by atoms with van der Waals surface area (Å²) in [5, 5.41) is 4.06. The fourth-order valence-corrected chi connectivity index (χ4v) is 2.41. The average Bonchev–Trinajstić information content (AvgIpc) is 2.97. The molecule has 0 amide bonds. The zero-order chi connectivity index (χ0) is 14.7. The van der Waals surface area contributed by atoms with Crippen molar-refractivity contribution in [2.45, 2.75) is 25.6 Å². The van der Waals surface area contributed by atoms with Crippen LogP contribution in [0.1, 0.15) is 12.7 Å². The van der Waals surface area contributed by atoms with Crippen molar-refractivity contribution in [2.75, 3.05) is 19.7 Å². The van der Waals surface area contributed by atoms with Crippen LogP contribution in [0.3, 0.4) is 0 Å². The highest BCUT2D eigenvalue weighted by molar-refractivity contribution is 5.51. The summed E-state index contributed by atoms with van der Waals surface area (Å²) in [6, 6.07) is 9.81. The van der Waals surface area contributed by atoms with Crippen LogP contribution in [0.4, 0.5) is 0 Å². The first kappa shape index (κ1) is 14.2. The van der Waals surface area contributed by atoms with Crippen LogP contribution in [0, 0.1) is 0 Å². The molecule has 3 rings (SSSR count). The Morgan fingerprint density at radius 1 is 1.38 bits per heavy atom. The zero-order valence-corrected chi connectivity index (χ0v) is 12.1. The van der Waals surface area contributed by atoms with Gasteiger partial charge in [-0.05, 0) is 19.1 Å². The third-order valence-corrected chi connectivity index (χ3v) is 3.62. The number of morpholine rings is 1. The lowest BCUT2D eigenvalue weighted by molar-refractivity contribution is -0.0411. The summed E-state index contributed by atoms with van der Waals surface area (Å²) >= 11 is 0. The highest BCUT2D eigenvalue weighted by Gasteiger charge is 2.24. The third-order valence-electron chi connectivity index (χ3n) is 3.62. The molecule has 21 heavy (non-hydrogen) atoms. The van der Waals surface area contributed by atoms with Crippen LogP contribution in [0.15, 0.2) is 34.9 Å². The number of aromatic nitrogens is 2. The molecule has 0 radical (unpaired) electrons. The summed E-state index contributed by atoms with van der Waals surface area (Å²) in [5.41, 5.74) is 6.84. The largest absolute Gasteiger partial charge is 0.374 e. The van der Waals surface area contributed by atoms with Crippen molar-refractivity contribution in [3.05, 3.63) is 36.2 Å². The summed E-state index contributed by atoms with van der Waals surface area (Å²) in [4.78, 5) is 6.70. The van der Waals surface area contributed by atoms with Gasteiger partial charge in [0.05, 0.1) is 19.3 Å². The van der Waals surface area contributed by atoms with Crippen molar-refractivity contribution in [3.8, 4) is 11.5 Å². The lowest BCUT2D eigenvalue weighted by atomic mass is 10.1. The number of hydrogen-bond acceptors (Lipinski definition) is 6. The predicted molar refractivity (Wildman–Crippen MR) is 78.4 cm³/mol. The maximum Gasteiger partial charge on any atom is 0.257 e. The standard InChI is InChI=1S/C15H20N4O2/c1-11(16)13-9-19(7-8-20-13)10-14-17-15(21-18-14)12-5-3-2-4-6-12/h2-6,11,13H,7-10,16H2,1H3. The van der Waals surface area contributed by atoms with Gasteiger partial charge in [-0.25, -0.2) is 0 Å². The summed E-state index contributed by atoms with van der Waals surface area (Å²) in [6.45, 7) is 4.97. The summed E-state index contributed by atoms with van der Waals surface area (Å²) in [6.07, 6.45) is 0.0687. The van der Waals surface area contributed by atoms with Crippen LogP contribution in [0.2, 0.25) is 0 Å². The highest BCUT2D eigenvalue weighted by atomic mass is 16.5. The number of ether oxygens (including phenoxy) is 1. The maximum atomic E-state index is 5.90. The van der Waals surface area contributed by atoms with E-state index in [1.807, 2.05) is 37.3 Å². The normalized spacial score (nSPS) is 21.3. The molecule has 2 N–H and O–H groups in total. The molecule has 0 spiro atoms. The van der Waals surface area contributed by atoms with Crippen molar-refractivity contribution in [2.24, 2.45) is 5.73 Å². The van der Waals surface area contributed by atoms with Crippen LogP contribution in [-0.4, -0.2) is 46.9 Å². The minimum absolute atomic E-state index is 0.0259. The van der Waals surface area contributed by atoms with Gasteiger partial charge in [0.15, 0.2) is 5.82 Å². The molecule has 0 aliphatic carbocycles. The van der Waals surface area contributed by atoms with Gasteiger partial charge in [-0.1, -0.05) is 23.4 Å². The summed E-state index contributed by atoms with van der Waals surface area (Å²) in [5.74, 6) is 1.25. The van der Waals surface area contributed by atoms with Crippen molar-refractivity contribution in [1.82, 2.24) is 15.0 Å². The first-order valence-corrected chi connectivity index (χ1v) is 7.20. The fourth-order valence-electron chi connectivity index (χ4n) is 2.41. The minimum Gasteiger partial charge on any atom is -0.374 e. The number of hydrogen-bond donors (Lipinski definition) is 1. The van der Waals surface area contributed by atoms with Gasteiger partial charge < -0.3 is 15.0 Å². The third kappa shape index (κ3) is 3.47.